The molecule has 4 aromatic rings. The number of carbonyl (C=O) groups excluding carboxylic acids is 1. The van der Waals surface area contributed by atoms with Crippen molar-refractivity contribution in [1.29, 1.82) is 0 Å². The summed E-state index contributed by atoms with van der Waals surface area (Å²) in [5.74, 6) is -0.112. The highest BCUT2D eigenvalue weighted by Crippen LogP contribution is 2.37. The van der Waals surface area contributed by atoms with Gasteiger partial charge in [-0.2, -0.15) is 0 Å². The molecule has 36 heavy (non-hydrogen) atoms. The molecule has 4 aromatic carbocycles. The fourth-order valence-corrected chi connectivity index (χ4v) is 4.81. The molecule has 0 fully saturated rings. The normalized spacial score (nSPS) is 14.2. The second-order valence-electron chi connectivity index (χ2n) is 8.03. The van der Waals surface area contributed by atoms with Gasteiger partial charge in [-0.1, -0.05) is 65.8 Å². The van der Waals surface area contributed by atoms with Crippen LogP contribution in [0.5, 0.6) is 0 Å². The number of halogens is 1. The number of hydrogen-bond donors (Lipinski definition) is 0. The number of anilines is 1. The van der Waals surface area contributed by atoms with Crippen LogP contribution < -0.4 is 4.90 Å². The number of rotatable bonds is 6. The van der Waals surface area contributed by atoms with Crippen LogP contribution in [0.3, 0.4) is 0 Å². The van der Waals surface area contributed by atoms with E-state index >= 15 is 0 Å². The number of nitrogens with zero attached hydrogens (tertiary/aromatic N) is 2. The Morgan fingerprint density at radius 3 is 2.03 bits per heavy atom. The predicted octanol–water partition coefficient (Wildman–Crippen LogP) is 7.87. The number of non-ortho nitro benzene ring substituents is 1. The van der Waals surface area contributed by atoms with Crippen LogP contribution in [0.15, 0.2) is 125 Å². The van der Waals surface area contributed by atoms with E-state index in [4.69, 9.17) is 11.6 Å². The van der Waals surface area contributed by atoms with Crippen molar-refractivity contribution in [2.75, 3.05) is 4.90 Å². The van der Waals surface area contributed by atoms with Gasteiger partial charge in [-0.3, -0.25) is 19.8 Å². The Bertz CT molecular complexity index is 1480. The molecule has 1 aliphatic heterocycles. The van der Waals surface area contributed by atoms with Crippen LogP contribution in [0.4, 0.5) is 11.4 Å². The van der Waals surface area contributed by atoms with E-state index in [0.29, 0.717) is 10.6 Å². The number of amides is 1. The zero-order valence-electron chi connectivity index (χ0n) is 18.9. The Labute approximate surface area is 217 Å². The summed E-state index contributed by atoms with van der Waals surface area (Å²) in [5, 5.41) is 11.5. The average Bonchev–Trinajstić information content (AvgIpc) is 3.22. The summed E-state index contributed by atoms with van der Waals surface area (Å²) < 4.78 is 0. The maximum absolute atomic E-state index is 13.5. The zero-order valence-corrected chi connectivity index (χ0v) is 20.4. The molecule has 7 heteroatoms. The van der Waals surface area contributed by atoms with Gasteiger partial charge in [0.05, 0.1) is 10.6 Å². The van der Waals surface area contributed by atoms with Gasteiger partial charge >= 0.3 is 0 Å². The Balaban J connectivity index is 1.44. The van der Waals surface area contributed by atoms with Crippen LogP contribution >= 0.6 is 23.4 Å². The van der Waals surface area contributed by atoms with Crippen molar-refractivity contribution in [1.82, 2.24) is 0 Å². The van der Waals surface area contributed by atoms with Crippen molar-refractivity contribution in [2.24, 2.45) is 0 Å². The third kappa shape index (κ3) is 5.10. The molecule has 0 saturated carbocycles. The summed E-state index contributed by atoms with van der Waals surface area (Å²) >= 11 is 7.51. The van der Waals surface area contributed by atoms with Crippen LogP contribution in [0.1, 0.15) is 11.1 Å². The van der Waals surface area contributed by atoms with E-state index in [9.17, 15) is 14.9 Å². The van der Waals surface area contributed by atoms with Crippen molar-refractivity contribution in [3.8, 4) is 0 Å². The third-order valence-electron chi connectivity index (χ3n) is 5.62. The van der Waals surface area contributed by atoms with Crippen LogP contribution in [0.2, 0.25) is 5.02 Å². The van der Waals surface area contributed by atoms with E-state index in [1.54, 1.807) is 29.2 Å². The van der Waals surface area contributed by atoms with Crippen molar-refractivity contribution in [3.63, 3.8) is 0 Å². The van der Waals surface area contributed by atoms with E-state index in [2.05, 4.69) is 0 Å². The van der Waals surface area contributed by atoms with Gasteiger partial charge in [0.25, 0.3) is 11.6 Å². The lowest BCUT2D eigenvalue weighted by atomic mass is 10.1. The molecular weight excluding hydrogens is 492 g/mol. The number of benzene rings is 4. The molecule has 5 rings (SSSR count). The first-order chi connectivity index (χ1) is 17.5. The SMILES string of the molecule is O=C1C(=Cc2ccc(Cl)cc2)C=C(c2ccccc2)N1c1ccc(Sc2ccc([N+](=O)[O-])cc2)cc1. The zero-order chi connectivity index (χ0) is 25.1. The molecule has 1 aliphatic rings. The molecule has 0 bridgehead atoms. The first-order valence-electron chi connectivity index (χ1n) is 11.1. The largest absolute Gasteiger partial charge is 0.276 e. The maximum Gasteiger partial charge on any atom is 0.269 e. The van der Waals surface area contributed by atoms with Gasteiger partial charge in [0.15, 0.2) is 0 Å². The van der Waals surface area contributed by atoms with Crippen molar-refractivity contribution >= 4 is 52.4 Å². The molecule has 176 valence electrons. The van der Waals surface area contributed by atoms with Crippen LogP contribution in [-0.4, -0.2) is 10.8 Å². The van der Waals surface area contributed by atoms with Gasteiger partial charge in [-0.05, 0) is 71.8 Å². The molecule has 0 aliphatic carbocycles. The monoisotopic (exact) mass is 510 g/mol. The summed E-state index contributed by atoms with van der Waals surface area (Å²) in [6.45, 7) is 0. The molecule has 5 nitrogen and oxygen atoms in total. The van der Waals surface area contributed by atoms with Gasteiger partial charge in [0, 0.05) is 38.2 Å². The minimum absolute atomic E-state index is 0.0601. The molecule has 0 atom stereocenters. The topological polar surface area (TPSA) is 63.5 Å². The molecule has 0 aromatic heterocycles. The van der Waals surface area contributed by atoms with Crippen molar-refractivity contribution in [2.45, 2.75) is 9.79 Å². The van der Waals surface area contributed by atoms with Gasteiger partial charge in [0.1, 0.15) is 0 Å². The Morgan fingerprint density at radius 2 is 1.42 bits per heavy atom. The highest BCUT2D eigenvalue weighted by molar-refractivity contribution is 7.99. The summed E-state index contributed by atoms with van der Waals surface area (Å²) in [5.41, 5.74) is 4.03. The first kappa shape index (κ1) is 23.6. The minimum Gasteiger partial charge on any atom is -0.276 e. The summed E-state index contributed by atoms with van der Waals surface area (Å²) in [6, 6.07) is 31.3. The molecule has 0 saturated heterocycles. The quantitative estimate of drug-likeness (QED) is 0.150. The Morgan fingerprint density at radius 1 is 0.806 bits per heavy atom. The summed E-state index contributed by atoms with van der Waals surface area (Å²) in [6.07, 6.45) is 3.77. The molecule has 0 spiro atoms. The van der Waals surface area contributed by atoms with E-state index in [1.807, 2.05) is 78.9 Å². The van der Waals surface area contributed by atoms with Crippen LogP contribution in [0, 0.1) is 10.1 Å². The highest BCUT2D eigenvalue weighted by atomic mass is 35.5. The van der Waals surface area contributed by atoms with Crippen LogP contribution in [0.25, 0.3) is 11.8 Å². The number of carbonyl (C=O) groups is 1. The minimum atomic E-state index is -0.413. The van der Waals surface area contributed by atoms with Crippen molar-refractivity contribution < 1.29 is 9.72 Å². The van der Waals surface area contributed by atoms with Gasteiger partial charge in [-0.15, -0.1) is 0 Å². The molecule has 0 radical (unpaired) electrons. The van der Waals surface area contributed by atoms with Crippen LogP contribution in [-0.2, 0) is 4.79 Å². The Kier molecular flexibility index (Phi) is 6.71. The summed E-state index contributed by atoms with van der Waals surface area (Å²) in [7, 11) is 0. The van der Waals surface area contributed by atoms with Crippen molar-refractivity contribution in [3.05, 3.63) is 141 Å². The van der Waals surface area contributed by atoms with E-state index in [0.717, 1.165) is 32.3 Å². The average molecular weight is 511 g/mol. The number of hydrogen-bond acceptors (Lipinski definition) is 4. The fraction of sp³-hybridized carbons (Fsp3) is 0. The van der Waals surface area contributed by atoms with Gasteiger partial charge in [0.2, 0.25) is 0 Å². The predicted molar refractivity (Wildman–Crippen MR) is 145 cm³/mol. The lowest BCUT2D eigenvalue weighted by Gasteiger charge is -2.21. The number of nitro groups is 1. The van der Waals surface area contributed by atoms with Gasteiger partial charge in [-0.25, -0.2) is 0 Å². The molecular formula is C29H19ClN2O3S. The summed E-state index contributed by atoms with van der Waals surface area (Å²) in [4.78, 5) is 27.6. The maximum atomic E-state index is 13.5. The number of nitro benzene ring substituents is 1. The lowest BCUT2D eigenvalue weighted by Crippen LogP contribution is -2.24. The molecule has 1 heterocycles. The standard InChI is InChI=1S/C29H19ClN2O3S/c30-23-8-6-20(7-9-23)18-22-19-28(21-4-2-1-3-5-21)31(29(22)33)24-10-14-26(15-11-24)36-27-16-12-25(13-17-27)32(34)35/h1-19H. The van der Waals surface area contributed by atoms with Gasteiger partial charge < -0.3 is 0 Å². The van der Waals surface area contributed by atoms with E-state index < -0.39 is 4.92 Å². The third-order valence-corrected chi connectivity index (χ3v) is 6.89. The second kappa shape index (κ2) is 10.2. The molecule has 1 amide bonds. The molecule has 0 unspecified atom stereocenters. The fourth-order valence-electron chi connectivity index (χ4n) is 3.87. The molecule has 0 N–H and O–H groups in total. The highest BCUT2D eigenvalue weighted by Gasteiger charge is 2.30. The smallest absolute Gasteiger partial charge is 0.269 e. The van der Waals surface area contributed by atoms with E-state index in [-0.39, 0.29) is 11.6 Å². The first-order valence-corrected chi connectivity index (χ1v) is 12.3. The van der Waals surface area contributed by atoms with E-state index in [1.165, 1.54) is 23.9 Å². The Hall–Kier alpha value is -4.13. The lowest BCUT2D eigenvalue weighted by molar-refractivity contribution is -0.384. The second-order valence-corrected chi connectivity index (χ2v) is 9.62.